The molecule has 0 amide bonds. The quantitative estimate of drug-likeness (QED) is 0.806. The molecule has 3 heteroatoms. The van der Waals surface area contributed by atoms with Crippen LogP contribution in [0, 0.1) is 0 Å². The van der Waals surface area contributed by atoms with Gasteiger partial charge < -0.3 is 9.47 Å². The van der Waals surface area contributed by atoms with E-state index in [-0.39, 0.29) is 5.97 Å². The van der Waals surface area contributed by atoms with Gasteiger partial charge in [0.25, 0.3) is 0 Å². The van der Waals surface area contributed by atoms with Crippen molar-refractivity contribution in [3.8, 4) is 16.9 Å². The molecule has 22 heavy (non-hydrogen) atoms. The molecule has 0 N–H and O–H groups in total. The summed E-state index contributed by atoms with van der Waals surface area (Å²) in [6, 6.07) is 14.4. The highest BCUT2D eigenvalue weighted by Gasteiger charge is 2.16. The number of methoxy groups -OCH3 is 2. The first-order valence-electron chi connectivity index (χ1n) is 7.27. The summed E-state index contributed by atoms with van der Waals surface area (Å²) in [5, 5.41) is 0. The van der Waals surface area contributed by atoms with E-state index in [1.807, 2.05) is 18.2 Å². The molecule has 1 aliphatic rings. The Labute approximate surface area is 130 Å². The third-order valence-corrected chi connectivity index (χ3v) is 4.01. The van der Waals surface area contributed by atoms with E-state index in [0.717, 1.165) is 35.3 Å². The zero-order chi connectivity index (χ0) is 15.5. The first-order valence-corrected chi connectivity index (χ1v) is 7.27. The number of benzene rings is 2. The molecule has 0 spiro atoms. The first kappa shape index (κ1) is 14.4. The van der Waals surface area contributed by atoms with Crippen molar-refractivity contribution >= 4 is 12.0 Å². The van der Waals surface area contributed by atoms with E-state index in [0.29, 0.717) is 0 Å². The summed E-state index contributed by atoms with van der Waals surface area (Å²) in [4.78, 5) is 11.6. The molecule has 3 nitrogen and oxygen atoms in total. The van der Waals surface area contributed by atoms with Crippen LogP contribution in [0.2, 0.25) is 0 Å². The van der Waals surface area contributed by atoms with Crippen LogP contribution in [0.5, 0.6) is 5.75 Å². The topological polar surface area (TPSA) is 35.5 Å². The lowest BCUT2D eigenvalue weighted by molar-refractivity contribution is -0.136. The summed E-state index contributed by atoms with van der Waals surface area (Å²) < 4.78 is 9.99. The van der Waals surface area contributed by atoms with Crippen LogP contribution in [-0.4, -0.2) is 20.2 Å². The highest BCUT2D eigenvalue weighted by Crippen LogP contribution is 2.30. The van der Waals surface area contributed by atoms with Gasteiger partial charge in [0.15, 0.2) is 0 Å². The Morgan fingerprint density at radius 3 is 2.36 bits per heavy atom. The van der Waals surface area contributed by atoms with Gasteiger partial charge in [0.1, 0.15) is 5.75 Å². The Morgan fingerprint density at radius 2 is 1.68 bits per heavy atom. The van der Waals surface area contributed by atoms with E-state index in [4.69, 9.17) is 9.47 Å². The molecule has 0 heterocycles. The second kappa shape index (κ2) is 6.06. The van der Waals surface area contributed by atoms with Crippen LogP contribution in [0.1, 0.15) is 17.5 Å². The number of ether oxygens (including phenoxy) is 2. The first-order chi connectivity index (χ1) is 10.7. The maximum atomic E-state index is 11.6. The van der Waals surface area contributed by atoms with E-state index in [9.17, 15) is 4.79 Å². The highest BCUT2D eigenvalue weighted by molar-refractivity contribution is 5.94. The number of esters is 1. The second-order valence-corrected chi connectivity index (χ2v) is 5.30. The van der Waals surface area contributed by atoms with Crippen LogP contribution < -0.4 is 4.74 Å². The molecular weight excluding hydrogens is 276 g/mol. The van der Waals surface area contributed by atoms with Crippen molar-refractivity contribution in [1.82, 2.24) is 0 Å². The van der Waals surface area contributed by atoms with Gasteiger partial charge in [-0.25, -0.2) is 4.79 Å². The number of carbonyl (C=O) groups excluding carboxylic acids is 1. The molecule has 0 saturated carbocycles. The fourth-order valence-corrected chi connectivity index (χ4v) is 2.75. The van der Waals surface area contributed by atoms with Gasteiger partial charge in [-0.15, -0.1) is 0 Å². The molecule has 0 aromatic heterocycles. The predicted octanol–water partition coefficient (Wildman–Crippen LogP) is 3.86. The van der Waals surface area contributed by atoms with E-state index >= 15 is 0 Å². The summed E-state index contributed by atoms with van der Waals surface area (Å²) in [7, 11) is 3.09. The minimum absolute atomic E-state index is 0.232. The van der Waals surface area contributed by atoms with Crippen molar-refractivity contribution in [3.05, 3.63) is 59.2 Å². The summed E-state index contributed by atoms with van der Waals surface area (Å²) in [6.07, 6.45) is 3.52. The van der Waals surface area contributed by atoms with Crippen molar-refractivity contribution in [2.45, 2.75) is 12.8 Å². The van der Waals surface area contributed by atoms with E-state index in [1.54, 1.807) is 7.11 Å². The van der Waals surface area contributed by atoms with Crippen molar-refractivity contribution in [3.63, 3.8) is 0 Å². The zero-order valence-corrected chi connectivity index (χ0v) is 12.8. The molecule has 0 bridgehead atoms. The van der Waals surface area contributed by atoms with Gasteiger partial charge >= 0.3 is 5.97 Å². The SMILES string of the molecule is COC(=O)C1=Cc2ccc(-c3ccc(OC)cc3)cc2CC1. The van der Waals surface area contributed by atoms with Gasteiger partial charge in [-0.3, -0.25) is 0 Å². The van der Waals surface area contributed by atoms with Gasteiger partial charge in [0, 0.05) is 5.57 Å². The Balaban J connectivity index is 1.92. The molecule has 3 rings (SSSR count). The van der Waals surface area contributed by atoms with Crippen LogP contribution >= 0.6 is 0 Å². The van der Waals surface area contributed by atoms with Gasteiger partial charge in [-0.2, -0.15) is 0 Å². The van der Waals surface area contributed by atoms with E-state index < -0.39 is 0 Å². The maximum Gasteiger partial charge on any atom is 0.333 e. The monoisotopic (exact) mass is 294 g/mol. The predicted molar refractivity (Wildman–Crippen MR) is 86.7 cm³/mol. The molecule has 112 valence electrons. The van der Waals surface area contributed by atoms with Crippen molar-refractivity contribution in [1.29, 1.82) is 0 Å². The van der Waals surface area contributed by atoms with Gasteiger partial charge in [0.2, 0.25) is 0 Å². The summed E-state index contributed by atoms with van der Waals surface area (Å²) in [5.74, 6) is 0.622. The van der Waals surface area contributed by atoms with Crippen LogP contribution in [0.3, 0.4) is 0 Å². The number of aryl methyl sites for hydroxylation is 1. The number of hydrogen-bond acceptors (Lipinski definition) is 3. The third kappa shape index (κ3) is 2.75. The average molecular weight is 294 g/mol. The number of rotatable bonds is 3. The lowest BCUT2D eigenvalue weighted by Gasteiger charge is -2.16. The fourth-order valence-electron chi connectivity index (χ4n) is 2.75. The lowest BCUT2D eigenvalue weighted by Crippen LogP contribution is -2.09. The summed E-state index contributed by atoms with van der Waals surface area (Å²) in [6.45, 7) is 0. The van der Waals surface area contributed by atoms with Crippen molar-refractivity contribution in [2.75, 3.05) is 14.2 Å². The highest BCUT2D eigenvalue weighted by atomic mass is 16.5. The van der Waals surface area contributed by atoms with Crippen LogP contribution in [0.25, 0.3) is 17.2 Å². The third-order valence-electron chi connectivity index (χ3n) is 4.01. The van der Waals surface area contributed by atoms with Crippen LogP contribution in [0.4, 0.5) is 0 Å². The molecule has 0 atom stereocenters. The zero-order valence-electron chi connectivity index (χ0n) is 12.8. The van der Waals surface area contributed by atoms with Crippen LogP contribution in [-0.2, 0) is 16.0 Å². The van der Waals surface area contributed by atoms with E-state index in [2.05, 4.69) is 30.3 Å². The molecule has 1 aliphatic carbocycles. The van der Waals surface area contributed by atoms with Gasteiger partial charge in [-0.1, -0.05) is 30.3 Å². The fraction of sp³-hybridized carbons (Fsp3) is 0.211. The minimum atomic E-state index is -0.232. The molecule has 0 fully saturated rings. The smallest absolute Gasteiger partial charge is 0.333 e. The average Bonchev–Trinajstić information content (AvgIpc) is 2.60. The number of carbonyl (C=O) groups is 1. The molecule has 0 saturated heterocycles. The molecule has 0 aliphatic heterocycles. The second-order valence-electron chi connectivity index (χ2n) is 5.30. The maximum absolute atomic E-state index is 11.6. The molecule has 0 radical (unpaired) electrons. The Morgan fingerprint density at radius 1 is 0.955 bits per heavy atom. The standard InChI is InChI=1S/C19H18O3/c1-21-18-9-7-13(8-10-18)14-3-4-16-12-17(19(20)22-2)6-5-15(16)11-14/h3-4,7-12H,5-6H2,1-2H3. The molecule has 0 unspecified atom stereocenters. The largest absolute Gasteiger partial charge is 0.497 e. The van der Waals surface area contributed by atoms with Gasteiger partial charge in [-0.05, 0) is 53.3 Å². The molecular formula is C19H18O3. The number of fused-ring (bicyclic) bond motifs is 1. The molecule has 2 aromatic carbocycles. The van der Waals surface area contributed by atoms with Crippen molar-refractivity contribution < 1.29 is 14.3 Å². The Hall–Kier alpha value is -2.55. The Bertz CT molecular complexity index is 727. The summed E-state index contributed by atoms with van der Waals surface area (Å²) >= 11 is 0. The van der Waals surface area contributed by atoms with Crippen molar-refractivity contribution in [2.24, 2.45) is 0 Å². The normalized spacial score (nSPS) is 13.1. The molecule has 2 aromatic rings. The van der Waals surface area contributed by atoms with E-state index in [1.165, 1.54) is 18.2 Å². The Kier molecular flexibility index (Phi) is 3.96. The van der Waals surface area contributed by atoms with Gasteiger partial charge in [0.05, 0.1) is 14.2 Å². The lowest BCUT2D eigenvalue weighted by atomic mass is 9.89. The minimum Gasteiger partial charge on any atom is -0.497 e. The van der Waals surface area contributed by atoms with Crippen LogP contribution in [0.15, 0.2) is 48.0 Å². The number of hydrogen-bond donors (Lipinski definition) is 0. The summed E-state index contributed by atoms with van der Waals surface area (Å²) in [5.41, 5.74) is 5.44.